The van der Waals surface area contributed by atoms with Gasteiger partial charge in [0.05, 0.1) is 17.7 Å². The number of amides is 1. The molecule has 0 unspecified atom stereocenters. The molecule has 0 aliphatic carbocycles. The zero-order chi connectivity index (χ0) is 15.9. The summed E-state index contributed by atoms with van der Waals surface area (Å²) in [7, 11) is 3.74. The van der Waals surface area contributed by atoms with Crippen molar-refractivity contribution in [2.45, 2.75) is 18.7 Å². The average molecular weight is 305 g/mol. The number of rotatable bonds is 3. The maximum Gasteiger partial charge on any atom is 0.420 e. The number of hydrogen-bond acceptors (Lipinski definition) is 5. The highest BCUT2D eigenvalue weighted by Gasteiger charge is 2.35. The summed E-state index contributed by atoms with van der Waals surface area (Å²) in [6.07, 6.45) is -0.572. The van der Waals surface area contributed by atoms with E-state index < -0.39 is 11.9 Å². The molecule has 7 heteroatoms. The van der Waals surface area contributed by atoms with Crippen LogP contribution in [0.3, 0.4) is 0 Å². The van der Waals surface area contributed by atoms with Gasteiger partial charge in [0, 0.05) is 13.1 Å². The first-order chi connectivity index (χ1) is 10.5. The molecule has 1 aromatic heterocycles. The van der Waals surface area contributed by atoms with E-state index in [1.54, 1.807) is 29.2 Å². The Balaban J connectivity index is 1.80. The lowest BCUT2D eigenvalue weighted by Crippen LogP contribution is -2.39. The number of hydrogen-bond donors (Lipinski definition) is 1. The normalized spacial score (nSPS) is 21.9. The Morgan fingerprint density at radius 1 is 1.36 bits per heavy atom. The maximum absolute atomic E-state index is 12.4. The molecule has 7 nitrogen and oxygen atoms in total. The van der Waals surface area contributed by atoms with Crippen LogP contribution >= 0.6 is 0 Å². The first kappa shape index (κ1) is 14.8. The zero-order valence-electron chi connectivity index (χ0n) is 12.6. The van der Waals surface area contributed by atoms with Crippen molar-refractivity contribution >= 4 is 17.0 Å². The van der Waals surface area contributed by atoms with E-state index in [9.17, 15) is 14.7 Å². The number of benzene rings is 1. The fourth-order valence-electron chi connectivity index (χ4n) is 2.88. The SMILES string of the molecule is CN(C)[C@@H]1CN(C(=O)Cn2c(=O)oc3ccccc32)C[C@H]1O. The third-order valence-corrected chi connectivity index (χ3v) is 4.14. The van der Waals surface area contributed by atoms with Crippen LogP contribution < -0.4 is 5.76 Å². The zero-order valence-corrected chi connectivity index (χ0v) is 12.6. The summed E-state index contributed by atoms with van der Waals surface area (Å²) in [6, 6.07) is 6.92. The minimum Gasteiger partial charge on any atom is -0.408 e. The number of carbonyl (C=O) groups is 1. The largest absolute Gasteiger partial charge is 0.420 e. The van der Waals surface area contributed by atoms with E-state index in [2.05, 4.69) is 0 Å². The number of aliphatic hydroxyl groups is 1. The lowest BCUT2D eigenvalue weighted by molar-refractivity contribution is -0.131. The standard InChI is InChI=1S/C15H19N3O4/c1-16(2)11-7-17(8-12(11)19)14(20)9-18-10-5-3-4-6-13(10)22-15(18)21/h3-6,11-12,19H,7-9H2,1-2H3/t11-,12-/m1/s1. The van der Waals surface area contributed by atoms with E-state index in [0.717, 1.165) is 0 Å². The van der Waals surface area contributed by atoms with Gasteiger partial charge < -0.3 is 19.3 Å². The van der Waals surface area contributed by atoms with Gasteiger partial charge in [-0.3, -0.25) is 9.36 Å². The van der Waals surface area contributed by atoms with Crippen molar-refractivity contribution in [1.82, 2.24) is 14.4 Å². The maximum atomic E-state index is 12.4. The monoisotopic (exact) mass is 305 g/mol. The van der Waals surface area contributed by atoms with Crippen LogP contribution in [0, 0.1) is 0 Å². The highest BCUT2D eigenvalue weighted by molar-refractivity contribution is 5.80. The summed E-state index contributed by atoms with van der Waals surface area (Å²) in [5.41, 5.74) is 1.07. The van der Waals surface area contributed by atoms with Crippen molar-refractivity contribution in [3.63, 3.8) is 0 Å². The number of likely N-dealkylation sites (tertiary alicyclic amines) is 1. The molecule has 2 aromatic rings. The molecule has 0 saturated carbocycles. The molecule has 1 aliphatic rings. The number of aliphatic hydroxyl groups excluding tert-OH is 1. The highest BCUT2D eigenvalue weighted by Crippen LogP contribution is 2.16. The van der Waals surface area contributed by atoms with Crippen molar-refractivity contribution in [3.05, 3.63) is 34.8 Å². The fraction of sp³-hybridized carbons (Fsp3) is 0.467. The van der Waals surface area contributed by atoms with Gasteiger partial charge in [0.1, 0.15) is 6.54 Å². The van der Waals surface area contributed by atoms with Gasteiger partial charge in [-0.2, -0.15) is 0 Å². The third-order valence-electron chi connectivity index (χ3n) is 4.14. The van der Waals surface area contributed by atoms with Gasteiger partial charge in [0.2, 0.25) is 5.91 Å². The Bertz CT molecular complexity index is 749. The van der Waals surface area contributed by atoms with Gasteiger partial charge in [-0.15, -0.1) is 0 Å². The molecule has 2 atom stereocenters. The first-order valence-corrected chi connectivity index (χ1v) is 7.18. The lowest BCUT2D eigenvalue weighted by atomic mass is 10.2. The van der Waals surface area contributed by atoms with E-state index in [4.69, 9.17) is 4.42 Å². The van der Waals surface area contributed by atoms with Crippen LogP contribution in [0.2, 0.25) is 0 Å². The molecule has 1 N–H and O–H groups in total. The Morgan fingerprint density at radius 3 is 2.77 bits per heavy atom. The van der Waals surface area contributed by atoms with Crippen LogP contribution in [0.25, 0.3) is 11.1 Å². The topological polar surface area (TPSA) is 78.9 Å². The molecule has 0 radical (unpaired) electrons. The van der Waals surface area contributed by atoms with Gasteiger partial charge in [0.25, 0.3) is 0 Å². The van der Waals surface area contributed by atoms with Crippen molar-refractivity contribution in [3.8, 4) is 0 Å². The van der Waals surface area contributed by atoms with Gasteiger partial charge in [-0.25, -0.2) is 4.79 Å². The molecule has 1 fully saturated rings. The minimum atomic E-state index is -0.572. The molecule has 1 aromatic carbocycles. The van der Waals surface area contributed by atoms with Crippen LogP contribution in [0.15, 0.2) is 33.5 Å². The molecule has 2 heterocycles. The molecule has 22 heavy (non-hydrogen) atoms. The lowest BCUT2D eigenvalue weighted by Gasteiger charge is -2.21. The van der Waals surface area contributed by atoms with Crippen LogP contribution in [-0.2, 0) is 11.3 Å². The van der Waals surface area contributed by atoms with Crippen molar-refractivity contribution in [2.75, 3.05) is 27.2 Å². The molecule has 118 valence electrons. The first-order valence-electron chi connectivity index (χ1n) is 7.18. The number of para-hydroxylation sites is 2. The van der Waals surface area contributed by atoms with E-state index in [1.807, 2.05) is 19.0 Å². The van der Waals surface area contributed by atoms with Crippen molar-refractivity contribution in [2.24, 2.45) is 0 Å². The Hall–Kier alpha value is -2.12. The number of nitrogens with zero attached hydrogens (tertiary/aromatic N) is 3. The number of fused-ring (bicyclic) bond motifs is 1. The second kappa shape index (κ2) is 5.58. The second-order valence-corrected chi connectivity index (χ2v) is 5.82. The van der Waals surface area contributed by atoms with Crippen LogP contribution in [0.4, 0.5) is 0 Å². The molecule has 1 aliphatic heterocycles. The molecular weight excluding hydrogens is 286 g/mol. The predicted molar refractivity (Wildman–Crippen MR) is 80.5 cm³/mol. The van der Waals surface area contributed by atoms with Gasteiger partial charge in [-0.05, 0) is 26.2 Å². The number of oxazole rings is 1. The minimum absolute atomic E-state index is 0.0806. The average Bonchev–Trinajstić information content (AvgIpc) is 3.00. The van der Waals surface area contributed by atoms with Crippen LogP contribution in [0.5, 0.6) is 0 Å². The molecule has 0 bridgehead atoms. The summed E-state index contributed by atoms with van der Waals surface area (Å²) >= 11 is 0. The van der Waals surface area contributed by atoms with Crippen molar-refractivity contribution < 1.29 is 14.3 Å². The fourth-order valence-corrected chi connectivity index (χ4v) is 2.88. The molecule has 1 amide bonds. The summed E-state index contributed by atoms with van der Waals surface area (Å²) in [5.74, 6) is -0.740. The van der Waals surface area contributed by atoms with Crippen LogP contribution in [0.1, 0.15) is 0 Å². The number of aromatic nitrogens is 1. The van der Waals surface area contributed by atoms with Gasteiger partial charge >= 0.3 is 5.76 Å². The quantitative estimate of drug-likeness (QED) is 0.844. The smallest absolute Gasteiger partial charge is 0.408 e. The van der Waals surface area contributed by atoms with E-state index >= 15 is 0 Å². The third kappa shape index (κ3) is 2.53. The van der Waals surface area contributed by atoms with E-state index in [-0.39, 0.29) is 25.0 Å². The van der Waals surface area contributed by atoms with Crippen molar-refractivity contribution in [1.29, 1.82) is 0 Å². The molecule has 0 spiro atoms. The Morgan fingerprint density at radius 2 is 2.09 bits per heavy atom. The Kier molecular flexibility index (Phi) is 3.76. The molecule has 1 saturated heterocycles. The number of β-amino-alcohol motifs (C(OH)–C–C–N with tert-alkyl or cyclic N) is 1. The molecule has 3 rings (SSSR count). The van der Waals surface area contributed by atoms with E-state index in [1.165, 1.54) is 4.57 Å². The summed E-state index contributed by atoms with van der Waals surface area (Å²) < 4.78 is 6.45. The van der Waals surface area contributed by atoms with E-state index in [0.29, 0.717) is 17.6 Å². The number of likely N-dealkylation sites (N-methyl/N-ethyl adjacent to an activating group) is 1. The van der Waals surface area contributed by atoms with Crippen LogP contribution in [-0.4, -0.2) is 64.7 Å². The summed E-state index contributed by atoms with van der Waals surface area (Å²) in [4.78, 5) is 27.8. The summed E-state index contributed by atoms with van der Waals surface area (Å²) in [6.45, 7) is 0.659. The van der Waals surface area contributed by atoms with Gasteiger partial charge in [-0.1, -0.05) is 12.1 Å². The predicted octanol–water partition coefficient (Wildman–Crippen LogP) is -0.272. The summed E-state index contributed by atoms with van der Waals surface area (Å²) in [5, 5.41) is 10.0. The highest BCUT2D eigenvalue weighted by atomic mass is 16.4. The second-order valence-electron chi connectivity index (χ2n) is 5.82. The Labute approximate surface area is 127 Å². The number of carbonyl (C=O) groups excluding carboxylic acids is 1. The molecular formula is C15H19N3O4. The van der Waals surface area contributed by atoms with Gasteiger partial charge in [0.15, 0.2) is 5.58 Å².